The molecule has 0 aliphatic carbocycles. The van der Waals surface area contributed by atoms with Crippen molar-refractivity contribution in [3.8, 4) is 6.07 Å². The summed E-state index contributed by atoms with van der Waals surface area (Å²) in [5.74, 6) is -2.26. The SMILES string of the molecule is CCc1ccc(C(C(=O)Nc2ccccc2C)N(CC#N)C(=O)C(CC(N)=O)NC(=O)OC(C)(C)C)cc1. The van der Waals surface area contributed by atoms with Gasteiger partial charge in [-0.3, -0.25) is 14.4 Å². The first-order valence-corrected chi connectivity index (χ1v) is 12.3. The summed E-state index contributed by atoms with van der Waals surface area (Å²) in [6.45, 7) is 8.25. The van der Waals surface area contributed by atoms with Gasteiger partial charge in [-0.1, -0.05) is 49.4 Å². The zero-order valence-corrected chi connectivity index (χ0v) is 22.4. The van der Waals surface area contributed by atoms with E-state index in [2.05, 4.69) is 10.6 Å². The maximum Gasteiger partial charge on any atom is 0.408 e. The highest BCUT2D eigenvalue weighted by Crippen LogP contribution is 2.26. The number of ether oxygens (including phenoxy) is 1. The van der Waals surface area contributed by atoms with E-state index in [4.69, 9.17) is 10.5 Å². The second-order valence-corrected chi connectivity index (χ2v) is 9.80. The summed E-state index contributed by atoms with van der Waals surface area (Å²) >= 11 is 0. The van der Waals surface area contributed by atoms with Crippen LogP contribution in [0.15, 0.2) is 48.5 Å². The normalized spacial score (nSPS) is 12.4. The van der Waals surface area contributed by atoms with Crippen LogP contribution in [0.1, 0.15) is 56.8 Å². The number of carbonyl (C=O) groups is 4. The highest BCUT2D eigenvalue weighted by molar-refractivity contribution is 6.00. The Labute approximate surface area is 223 Å². The maximum atomic E-state index is 13.7. The maximum absolute atomic E-state index is 13.7. The van der Waals surface area contributed by atoms with Gasteiger partial charge in [-0.25, -0.2) is 4.79 Å². The molecule has 4 N–H and O–H groups in total. The molecule has 0 aliphatic rings. The molecule has 0 radical (unpaired) electrons. The molecule has 0 saturated heterocycles. The molecule has 10 nitrogen and oxygen atoms in total. The molecular weight excluding hydrogens is 486 g/mol. The molecule has 0 aliphatic heterocycles. The van der Waals surface area contributed by atoms with E-state index in [-0.39, 0.29) is 0 Å². The molecule has 2 aromatic carbocycles. The number of hydrogen-bond acceptors (Lipinski definition) is 6. The van der Waals surface area contributed by atoms with Gasteiger partial charge >= 0.3 is 6.09 Å². The third-order valence-corrected chi connectivity index (χ3v) is 5.59. The number of amides is 4. The first-order valence-electron chi connectivity index (χ1n) is 12.3. The monoisotopic (exact) mass is 521 g/mol. The summed E-state index contributed by atoms with van der Waals surface area (Å²) < 4.78 is 5.23. The van der Waals surface area contributed by atoms with Crippen LogP contribution in [0.25, 0.3) is 0 Å². The van der Waals surface area contributed by atoms with Crippen molar-refractivity contribution in [3.63, 3.8) is 0 Å². The van der Waals surface area contributed by atoms with E-state index in [0.29, 0.717) is 11.3 Å². The summed E-state index contributed by atoms with van der Waals surface area (Å²) in [5, 5.41) is 14.8. The van der Waals surface area contributed by atoms with Crippen molar-refractivity contribution in [2.45, 2.75) is 65.1 Å². The second-order valence-electron chi connectivity index (χ2n) is 9.80. The average Bonchev–Trinajstić information content (AvgIpc) is 2.83. The van der Waals surface area contributed by atoms with Crippen LogP contribution in [-0.4, -0.2) is 46.9 Å². The number of aryl methyl sites for hydroxylation is 2. The third-order valence-electron chi connectivity index (χ3n) is 5.59. The zero-order valence-electron chi connectivity index (χ0n) is 22.4. The van der Waals surface area contributed by atoms with Crippen LogP contribution in [0.5, 0.6) is 0 Å². The fraction of sp³-hybridized carbons (Fsp3) is 0.393. The standard InChI is InChI=1S/C28H35N5O5/c1-6-19-11-13-20(14-12-19)24(25(35)31-21-10-8-7-9-18(21)2)33(16-15-29)26(36)22(17-23(30)34)32-27(37)38-28(3,4)5/h7-14,22,24H,6,16-17H2,1-5H3,(H2,30,34)(H,31,35)(H,32,37). The Morgan fingerprint density at radius 3 is 2.24 bits per heavy atom. The van der Waals surface area contributed by atoms with Gasteiger partial charge in [-0.05, 0) is 56.9 Å². The Morgan fingerprint density at radius 2 is 1.71 bits per heavy atom. The van der Waals surface area contributed by atoms with Crippen LogP contribution in [0.3, 0.4) is 0 Å². The molecule has 0 spiro atoms. The largest absolute Gasteiger partial charge is 0.444 e. The van der Waals surface area contributed by atoms with Crippen molar-refractivity contribution >= 4 is 29.5 Å². The molecule has 2 unspecified atom stereocenters. The van der Waals surface area contributed by atoms with Crippen LogP contribution in [0.2, 0.25) is 0 Å². The number of rotatable bonds is 10. The lowest BCUT2D eigenvalue weighted by Gasteiger charge is -2.32. The lowest BCUT2D eigenvalue weighted by Crippen LogP contribution is -2.53. The minimum absolute atomic E-state index is 0.451. The van der Waals surface area contributed by atoms with E-state index in [1.54, 1.807) is 45.0 Å². The minimum Gasteiger partial charge on any atom is -0.444 e. The van der Waals surface area contributed by atoms with Crippen LogP contribution < -0.4 is 16.4 Å². The van der Waals surface area contributed by atoms with Crippen molar-refractivity contribution < 1.29 is 23.9 Å². The molecule has 0 bridgehead atoms. The lowest BCUT2D eigenvalue weighted by molar-refractivity contribution is -0.141. The van der Waals surface area contributed by atoms with Crippen molar-refractivity contribution in [2.75, 3.05) is 11.9 Å². The Morgan fingerprint density at radius 1 is 1.08 bits per heavy atom. The summed E-state index contributed by atoms with van der Waals surface area (Å²) in [5.41, 5.74) is 7.30. The Bertz CT molecular complexity index is 1200. The topological polar surface area (TPSA) is 155 Å². The first kappa shape index (κ1) is 29.8. The fourth-order valence-corrected chi connectivity index (χ4v) is 3.75. The van der Waals surface area contributed by atoms with Gasteiger partial charge in [0.1, 0.15) is 24.2 Å². The Hall–Kier alpha value is -4.39. The molecule has 38 heavy (non-hydrogen) atoms. The fourth-order valence-electron chi connectivity index (χ4n) is 3.75. The third kappa shape index (κ3) is 8.62. The van der Waals surface area contributed by atoms with Gasteiger partial charge in [0.2, 0.25) is 11.8 Å². The molecule has 0 heterocycles. The molecule has 0 saturated carbocycles. The molecule has 2 rings (SSSR count). The number of benzene rings is 2. The number of nitrogens with zero attached hydrogens (tertiary/aromatic N) is 2. The lowest BCUT2D eigenvalue weighted by atomic mass is 10.00. The van der Waals surface area contributed by atoms with Crippen molar-refractivity contribution in [2.24, 2.45) is 5.73 Å². The van der Waals surface area contributed by atoms with Crippen molar-refractivity contribution in [3.05, 3.63) is 65.2 Å². The van der Waals surface area contributed by atoms with Crippen LogP contribution in [0, 0.1) is 18.3 Å². The molecule has 202 valence electrons. The molecule has 4 amide bonds. The van der Waals surface area contributed by atoms with Gasteiger partial charge in [0.25, 0.3) is 5.91 Å². The Balaban J connectivity index is 2.53. The van der Waals surface area contributed by atoms with E-state index in [9.17, 15) is 24.4 Å². The highest BCUT2D eigenvalue weighted by Gasteiger charge is 2.37. The van der Waals surface area contributed by atoms with E-state index in [0.717, 1.165) is 22.4 Å². The van der Waals surface area contributed by atoms with Gasteiger partial charge in [-0.2, -0.15) is 5.26 Å². The van der Waals surface area contributed by atoms with Crippen molar-refractivity contribution in [1.29, 1.82) is 5.26 Å². The predicted molar refractivity (Wildman–Crippen MR) is 143 cm³/mol. The Kier molecular flexibility index (Phi) is 10.4. The zero-order chi connectivity index (χ0) is 28.5. The van der Waals surface area contributed by atoms with Gasteiger partial charge in [0.15, 0.2) is 0 Å². The number of nitrogens with two attached hydrogens (primary N) is 1. The van der Waals surface area contributed by atoms with Crippen LogP contribution >= 0.6 is 0 Å². The highest BCUT2D eigenvalue weighted by atomic mass is 16.6. The van der Waals surface area contributed by atoms with Gasteiger partial charge in [0.05, 0.1) is 12.5 Å². The van der Waals surface area contributed by atoms with Crippen LogP contribution in [-0.2, 0) is 25.5 Å². The minimum atomic E-state index is -1.46. The number of anilines is 1. The molecule has 0 aromatic heterocycles. The van der Waals surface area contributed by atoms with Gasteiger partial charge in [-0.15, -0.1) is 0 Å². The quantitative estimate of drug-likeness (QED) is 0.407. The average molecular weight is 522 g/mol. The number of nitrogens with one attached hydrogen (secondary N) is 2. The number of para-hydroxylation sites is 1. The van der Waals surface area contributed by atoms with Crippen molar-refractivity contribution in [1.82, 2.24) is 10.2 Å². The van der Waals surface area contributed by atoms with Crippen LogP contribution in [0.4, 0.5) is 10.5 Å². The smallest absolute Gasteiger partial charge is 0.408 e. The van der Waals surface area contributed by atoms with Gasteiger partial charge in [0, 0.05) is 5.69 Å². The second kappa shape index (κ2) is 13.2. The molecular formula is C28H35N5O5. The number of primary amides is 1. The summed E-state index contributed by atoms with van der Waals surface area (Å²) in [4.78, 5) is 52.7. The molecule has 10 heteroatoms. The number of carbonyl (C=O) groups excluding carboxylic acids is 4. The number of alkyl carbamates (subject to hydrolysis) is 1. The van der Waals surface area contributed by atoms with Gasteiger partial charge < -0.3 is 26.0 Å². The molecule has 2 atom stereocenters. The number of nitriles is 1. The molecule has 0 fully saturated rings. The summed E-state index contributed by atoms with van der Waals surface area (Å²) in [7, 11) is 0. The van der Waals surface area contributed by atoms with E-state index in [1.807, 2.05) is 44.2 Å². The van der Waals surface area contributed by atoms with E-state index >= 15 is 0 Å². The van der Waals surface area contributed by atoms with E-state index < -0.39 is 54.5 Å². The predicted octanol–water partition coefficient (Wildman–Crippen LogP) is 3.36. The first-order chi connectivity index (χ1) is 17.9. The summed E-state index contributed by atoms with van der Waals surface area (Å²) in [6, 6.07) is 13.4. The number of hydrogen-bond donors (Lipinski definition) is 3. The summed E-state index contributed by atoms with van der Waals surface area (Å²) in [6.07, 6.45) is -0.731. The van der Waals surface area contributed by atoms with E-state index in [1.165, 1.54) is 0 Å². The molecule has 2 aromatic rings.